The van der Waals surface area contributed by atoms with Crippen LogP contribution >= 0.6 is 0 Å². The van der Waals surface area contributed by atoms with Gasteiger partial charge in [-0.3, -0.25) is 9.59 Å². The maximum atomic E-state index is 12.5. The van der Waals surface area contributed by atoms with Crippen LogP contribution in [0.25, 0.3) is 0 Å². The number of carbonyl (C=O) groups excluding carboxylic acids is 2. The number of hydrogen-bond acceptors (Lipinski definition) is 3. The molecule has 2 aliphatic rings. The molecule has 0 radical (unpaired) electrons. The third-order valence-corrected chi connectivity index (χ3v) is 4.69. The van der Waals surface area contributed by atoms with Gasteiger partial charge in [-0.05, 0) is 49.3 Å². The molecule has 0 unspecified atom stereocenters. The first kappa shape index (κ1) is 16.0. The Labute approximate surface area is 137 Å². The summed E-state index contributed by atoms with van der Waals surface area (Å²) in [6.07, 6.45) is 3.98. The van der Waals surface area contributed by atoms with E-state index in [1.807, 2.05) is 36.9 Å². The fourth-order valence-electron chi connectivity index (χ4n) is 2.96. The summed E-state index contributed by atoms with van der Waals surface area (Å²) >= 11 is 0. The number of amides is 2. The van der Waals surface area contributed by atoms with Crippen molar-refractivity contribution < 1.29 is 9.59 Å². The zero-order chi connectivity index (χ0) is 16.6. The number of aryl methyl sites for hydroxylation is 1. The van der Waals surface area contributed by atoms with Gasteiger partial charge in [0.05, 0.1) is 6.04 Å². The molecule has 1 atom stereocenters. The fourth-order valence-corrected chi connectivity index (χ4v) is 2.96. The fraction of sp³-hybridized carbons (Fsp3) is 0.556. The predicted molar refractivity (Wildman–Crippen MR) is 91.3 cm³/mol. The summed E-state index contributed by atoms with van der Waals surface area (Å²) in [5, 5.41) is 2.88. The van der Waals surface area contributed by atoms with Gasteiger partial charge in [-0.15, -0.1) is 0 Å². The van der Waals surface area contributed by atoms with Crippen molar-refractivity contribution in [2.45, 2.75) is 45.6 Å². The van der Waals surface area contributed by atoms with Crippen LogP contribution < -0.4 is 16.0 Å². The number of fused-ring (bicyclic) bond motifs is 1. The van der Waals surface area contributed by atoms with Crippen molar-refractivity contribution >= 4 is 23.2 Å². The molecule has 3 rings (SSSR count). The molecule has 23 heavy (non-hydrogen) atoms. The van der Waals surface area contributed by atoms with Crippen LogP contribution in [-0.4, -0.2) is 24.4 Å². The highest BCUT2D eigenvalue weighted by atomic mass is 16.2. The maximum absolute atomic E-state index is 12.5. The standard InChI is InChI=1S/C18H25N3O2/c1-11(2)16(19)17(22)20-14-8-7-12-4-3-9-21(15(12)10-14)18(23)13-5-6-13/h7-8,10-11,13,16H,3-6,9,19H2,1-2H3,(H,20,22)/t16-/m0/s1. The number of carbonyl (C=O) groups is 2. The lowest BCUT2D eigenvalue weighted by Crippen LogP contribution is -2.40. The number of nitrogens with zero attached hydrogens (tertiary/aromatic N) is 1. The maximum Gasteiger partial charge on any atom is 0.241 e. The first-order chi connectivity index (χ1) is 11.0. The van der Waals surface area contributed by atoms with Gasteiger partial charge >= 0.3 is 0 Å². The van der Waals surface area contributed by atoms with Crippen molar-refractivity contribution in [1.82, 2.24) is 0 Å². The Morgan fingerprint density at radius 2 is 2.04 bits per heavy atom. The second kappa shape index (κ2) is 6.32. The van der Waals surface area contributed by atoms with Crippen LogP contribution in [0.2, 0.25) is 0 Å². The summed E-state index contributed by atoms with van der Waals surface area (Å²) < 4.78 is 0. The van der Waals surface area contributed by atoms with Gasteiger partial charge in [0.15, 0.2) is 0 Å². The van der Waals surface area contributed by atoms with Crippen LogP contribution in [0, 0.1) is 11.8 Å². The molecule has 3 N–H and O–H groups in total. The first-order valence-electron chi connectivity index (χ1n) is 8.48. The number of hydrogen-bond donors (Lipinski definition) is 2. The van der Waals surface area contributed by atoms with E-state index in [0.29, 0.717) is 5.69 Å². The van der Waals surface area contributed by atoms with E-state index in [1.54, 1.807) is 0 Å². The lowest BCUT2D eigenvalue weighted by molar-refractivity contribution is -0.120. The molecule has 1 fully saturated rings. The molecule has 0 bridgehead atoms. The summed E-state index contributed by atoms with van der Waals surface area (Å²) in [5.74, 6) is 0.332. The van der Waals surface area contributed by atoms with Gasteiger partial charge in [0.1, 0.15) is 0 Å². The molecule has 2 amide bonds. The summed E-state index contributed by atoms with van der Waals surface area (Å²) in [6.45, 7) is 4.62. The quantitative estimate of drug-likeness (QED) is 0.895. The molecule has 1 aliphatic carbocycles. The predicted octanol–water partition coefficient (Wildman–Crippen LogP) is 2.30. The zero-order valence-electron chi connectivity index (χ0n) is 13.8. The second-order valence-corrected chi connectivity index (χ2v) is 6.97. The molecule has 1 heterocycles. The molecule has 1 aromatic carbocycles. The van der Waals surface area contributed by atoms with Crippen LogP contribution in [0.3, 0.4) is 0 Å². The number of nitrogens with one attached hydrogen (secondary N) is 1. The summed E-state index contributed by atoms with van der Waals surface area (Å²) in [6, 6.07) is 5.29. The smallest absolute Gasteiger partial charge is 0.241 e. The molecule has 5 nitrogen and oxygen atoms in total. The van der Waals surface area contributed by atoms with Crippen LogP contribution in [0.15, 0.2) is 18.2 Å². The van der Waals surface area contributed by atoms with Crippen LogP contribution in [0.4, 0.5) is 11.4 Å². The molecule has 124 valence electrons. The van der Waals surface area contributed by atoms with Gasteiger partial charge in [0.2, 0.25) is 11.8 Å². The van der Waals surface area contributed by atoms with Crippen molar-refractivity contribution in [2.75, 3.05) is 16.8 Å². The van der Waals surface area contributed by atoms with Crippen molar-refractivity contribution in [3.05, 3.63) is 23.8 Å². The third-order valence-electron chi connectivity index (χ3n) is 4.69. The minimum atomic E-state index is -0.532. The lowest BCUT2D eigenvalue weighted by atomic mass is 10.00. The van der Waals surface area contributed by atoms with Gasteiger partial charge in [-0.25, -0.2) is 0 Å². The van der Waals surface area contributed by atoms with E-state index < -0.39 is 6.04 Å². The summed E-state index contributed by atoms with van der Waals surface area (Å²) in [5.41, 5.74) is 8.73. The van der Waals surface area contributed by atoms with Crippen molar-refractivity contribution in [3.8, 4) is 0 Å². The topological polar surface area (TPSA) is 75.4 Å². The Morgan fingerprint density at radius 1 is 1.30 bits per heavy atom. The highest BCUT2D eigenvalue weighted by Gasteiger charge is 2.35. The Hall–Kier alpha value is -1.88. The second-order valence-electron chi connectivity index (χ2n) is 6.97. The van der Waals surface area contributed by atoms with E-state index in [9.17, 15) is 9.59 Å². The van der Waals surface area contributed by atoms with Gasteiger partial charge in [-0.2, -0.15) is 0 Å². The number of rotatable bonds is 4. The highest BCUT2D eigenvalue weighted by molar-refractivity contribution is 5.99. The van der Waals surface area contributed by atoms with Crippen molar-refractivity contribution in [3.63, 3.8) is 0 Å². The molecular weight excluding hydrogens is 290 g/mol. The van der Waals surface area contributed by atoms with E-state index in [-0.39, 0.29) is 23.7 Å². The van der Waals surface area contributed by atoms with E-state index in [1.165, 1.54) is 5.56 Å². The minimum Gasteiger partial charge on any atom is -0.325 e. The van der Waals surface area contributed by atoms with Crippen molar-refractivity contribution in [1.29, 1.82) is 0 Å². The lowest BCUT2D eigenvalue weighted by Gasteiger charge is -2.30. The monoisotopic (exact) mass is 315 g/mol. The van der Waals surface area contributed by atoms with Crippen LogP contribution in [0.1, 0.15) is 38.7 Å². The SMILES string of the molecule is CC(C)[C@H](N)C(=O)Nc1ccc2c(c1)N(C(=O)C1CC1)CCC2. The largest absolute Gasteiger partial charge is 0.325 e. The molecular formula is C18H25N3O2. The highest BCUT2D eigenvalue weighted by Crippen LogP contribution is 2.36. The molecule has 1 saturated carbocycles. The first-order valence-corrected chi connectivity index (χ1v) is 8.48. The van der Waals surface area contributed by atoms with Gasteiger partial charge in [-0.1, -0.05) is 19.9 Å². The Bertz CT molecular complexity index is 623. The Balaban J connectivity index is 1.80. The van der Waals surface area contributed by atoms with Crippen molar-refractivity contribution in [2.24, 2.45) is 17.6 Å². The van der Waals surface area contributed by atoms with Gasteiger partial charge in [0.25, 0.3) is 0 Å². The van der Waals surface area contributed by atoms with Gasteiger partial charge in [0, 0.05) is 23.8 Å². The van der Waals surface area contributed by atoms with Crippen LogP contribution in [-0.2, 0) is 16.0 Å². The average Bonchev–Trinajstić information content (AvgIpc) is 3.37. The molecule has 0 saturated heterocycles. The average molecular weight is 315 g/mol. The van der Waals surface area contributed by atoms with E-state index >= 15 is 0 Å². The van der Waals surface area contributed by atoms with Gasteiger partial charge < -0.3 is 16.0 Å². The number of anilines is 2. The summed E-state index contributed by atoms with van der Waals surface area (Å²) in [7, 11) is 0. The molecule has 0 spiro atoms. The van der Waals surface area contributed by atoms with E-state index in [2.05, 4.69) is 5.32 Å². The molecule has 1 aliphatic heterocycles. The molecule has 1 aromatic rings. The number of nitrogens with two attached hydrogens (primary N) is 1. The van der Waals surface area contributed by atoms with E-state index in [4.69, 9.17) is 5.73 Å². The molecule has 5 heteroatoms. The normalized spacial score (nSPS) is 18.5. The summed E-state index contributed by atoms with van der Waals surface area (Å²) in [4.78, 5) is 26.5. The number of benzene rings is 1. The van der Waals surface area contributed by atoms with E-state index in [0.717, 1.165) is 37.9 Å². The van der Waals surface area contributed by atoms with Crippen LogP contribution in [0.5, 0.6) is 0 Å². The zero-order valence-corrected chi connectivity index (χ0v) is 13.8. The Kier molecular flexibility index (Phi) is 4.39. The minimum absolute atomic E-state index is 0.0839. The Morgan fingerprint density at radius 3 is 2.70 bits per heavy atom. The third kappa shape index (κ3) is 3.39. The molecule has 0 aromatic heterocycles.